The van der Waals surface area contributed by atoms with E-state index in [9.17, 15) is 4.39 Å². The lowest BCUT2D eigenvalue weighted by atomic mass is 10.1. The molecular formula is C18H22ClFN4. The van der Waals surface area contributed by atoms with Gasteiger partial charge in [-0.25, -0.2) is 14.4 Å². The number of hydrogen-bond acceptors (Lipinski definition) is 4. The Morgan fingerprint density at radius 3 is 2.71 bits per heavy atom. The highest BCUT2D eigenvalue weighted by molar-refractivity contribution is 6.30. The van der Waals surface area contributed by atoms with E-state index in [1.165, 1.54) is 6.07 Å². The second kappa shape index (κ2) is 8.51. The van der Waals surface area contributed by atoms with E-state index in [1.54, 1.807) is 12.4 Å². The molecule has 1 N–H and O–H groups in total. The summed E-state index contributed by atoms with van der Waals surface area (Å²) < 4.78 is 13.4. The van der Waals surface area contributed by atoms with E-state index < -0.39 is 0 Å². The van der Waals surface area contributed by atoms with Gasteiger partial charge >= 0.3 is 0 Å². The molecule has 0 amide bonds. The highest BCUT2D eigenvalue weighted by Gasteiger charge is 2.21. The molecule has 1 aliphatic rings. The Labute approximate surface area is 147 Å². The van der Waals surface area contributed by atoms with Gasteiger partial charge in [0.05, 0.1) is 5.02 Å². The molecule has 4 nitrogen and oxygen atoms in total. The summed E-state index contributed by atoms with van der Waals surface area (Å²) in [5.41, 5.74) is 2.11. The van der Waals surface area contributed by atoms with E-state index in [0.717, 1.165) is 56.6 Å². The van der Waals surface area contributed by atoms with Gasteiger partial charge in [0, 0.05) is 37.1 Å². The third kappa shape index (κ3) is 4.72. The summed E-state index contributed by atoms with van der Waals surface area (Å²) in [5, 5.41) is 3.63. The largest absolute Gasteiger partial charge is 0.317 e. The quantitative estimate of drug-likeness (QED) is 0.899. The zero-order valence-electron chi connectivity index (χ0n) is 13.6. The predicted octanol–water partition coefficient (Wildman–Crippen LogP) is 3.41. The van der Waals surface area contributed by atoms with Crippen LogP contribution in [0.25, 0.3) is 0 Å². The molecular weight excluding hydrogens is 327 g/mol. The molecule has 1 unspecified atom stereocenters. The van der Waals surface area contributed by atoms with Gasteiger partial charge < -0.3 is 5.32 Å². The molecule has 128 valence electrons. The topological polar surface area (TPSA) is 41.1 Å². The molecule has 2 heterocycles. The Balaban J connectivity index is 1.78. The molecule has 0 aliphatic carbocycles. The van der Waals surface area contributed by atoms with Crippen molar-refractivity contribution >= 4 is 11.6 Å². The number of halogens is 2. The first-order chi connectivity index (χ1) is 11.7. The molecule has 0 radical (unpaired) electrons. The second-order valence-corrected chi connectivity index (χ2v) is 6.64. The van der Waals surface area contributed by atoms with Gasteiger partial charge in [0.2, 0.25) is 0 Å². The molecule has 1 fully saturated rings. The average Bonchev–Trinajstić information content (AvgIpc) is 2.88. The number of aromatic nitrogens is 2. The maximum atomic E-state index is 13.4. The number of benzene rings is 1. The van der Waals surface area contributed by atoms with Crippen LogP contribution in [0.2, 0.25) is 5.02 Å². The van der Waals surface area contributed by atoms with Gasteiger partial charge in [-0.15, -0.1) is 0 Å². The zero-order chi connectivity index (χ0) is 16.8. The molecule has 1 aliphatic heterocycles. The molecule has 3 rings (SSSR count). The summed E-state index contributed by atoms with van der Waals surface area (Å²) in [6.45, 7) is 3.61. The van der Waals surface area contributed by atoms with Crippen molar-refractivity contribution in [3.8, 4) is 0 Å². The monoisotopic (exact) mass is 348 g/mol. The molecule has 1 aromatic heterocycles. The third-order valence-electron chi connectivity index (χ3n) is 4.43. The van der Waals surface area contributed by atoms with Crippen LogP contribution >= 0.6 is 11.6 Å². The molecule has 24 heavy (non-hydrogen) atoms. The van der Waals surface area contributed by atoms with Crippen molar-refractivity contribution in [2.75, 3.05) is 13.1 Å². The van der Waals surface area contributed by atoms with Crippen molar-refractivity contribution in [3.05, 3.63) is 58.9 Å². The highest BCUT2D eigenvalue weighted by Crippen LogP contribution is 2.22. The minimum absolute atomic E-state index is 0.179. The minimum Gasteiger partial charge on any atom is -0.317 e. The third-order valence-corrected chi connectivity index (χ3v) is 4.72. The standard InChI is InChI=1S/C18H22ClFN4/c19-17-8-14(3-4-18(17)20)11-24(12-15-9-22-13-23-10-15)16-2-1-6-21-7-5-16/h3-4,8-10,13,16,21H,1-2,5-7,11-12H2. The molecule has 0 bridgehead atoms. The number of rotatable bonds is 5. The maximum absolute atomic E-state index is 13.4. The van der Waals surface area contributed by atoms with Gasteiger partial charge in [0.1, 0.15) is 12.1 Å². The summed E-state index contributed by atoms with van der Waals surface area (Å²) in [6, 6.07) is 5.45. The molecule has 0 saturated carbocycles. The molecule has 6 heteroatoms. The summed E-state index contributed by atoms with van der Waals surface area (Å²) in [7, 11) is 0. The van der Waals surface area contributed by atoms with E-state index in [2.05, 4.69) is 20.2 Å². The molecule has 1 atom stereocenters. The van der Waals surface area contributed by atoms with E-state index in [0.29, 0.717) is 6.04 Å². The number of nitrogens with one attached hydrogen (secondary N) is 1. The lowest BCUT2D eigenvalue weighted by Gasteiger charge is -2.31. The van der Waals surface area contributed by atoms with Crippen LogP contribution in [-0.2, 0) is 13.1 Å². The summed E-state index contributed by atoms with van der Waals surface area (Å²) >= 11 is 5.95. The molecule has 1 aromatic carbocycles. The fourth-order valence-corrected chi connectivity index (χ4v) is 3.40. The van der Waals surface area contributed by atoms with Gasteiger partial charge in [-0.3, -0.25) is 4.90 Å². The normalized spacial score (nSPS) is 18.5. The molecule has 1 saturated heterocycles. The first-order valence-corrected chi connectivity index (χ1v) is 8.73. The van der Waals surface area contributed by atoms with Gasteiger partial charge in [-0.05, 0) is 50.0 Å². The predicted molar refractivity (Wildman–Crippen MR) is 93.2 cm³/mol. The highest BCUT2D eigenvalue weighted by atomic mass is 35.5. The van der Waals surface area contributed by atoms with Crippen molar-refractivity contribution in [1.29, 1.82) is 0 Å². The Kier molecular flexibility index (Phi) is 6.12. The van der Waals surface area contributed by atoms with Crippen LogP contribution in [0.15, 0.2) is 36.9 Å². The Morgan fingerprint density at radius 2 is 1.92 bits per heavy atom. The van der Waals surface area contributed by atoms with Crippen LogP contribution < -0.4 is 5.32 Å². The Morgan fingerprint density at radius 1 is 1.12 bits per heavy atom. The molecule has 2 aromatic rings. The zero-order valence-corrected chi connectivity index (χ0v) is 14.3. The van der Waals surface area contributed by atoms with Crippen LogP contribution in [0.4, 0.5) is 4.39 Å². The lowest BCUT2D eigenvalue weighted by Crippen LogP contribution is -2.35. The van der Waals surface area contributed by atoms with Crippen LogP contribution in [0.1, 0.15) is 30.4 Å². The van der Waals surface area contributed by atoms with Crippen molar-refractivity contribution < 1.29 is 4.39 Å². The molecule has 0 spiro atoms. The lowest BCUT2D eigenvalue weighted by molar-refractivity contribution is 0.164. The van der Waals surface area contributed by atoms with E-state index in [4.69, 9.17) is 11.6 Å². The SMILES string of the molecule is Fc1ccc(CN(Cc2cncnc2)C2CCCNCC2)cc1Cl. The second-order valence-electron chi connectivity index (χ2n) is 6.23. The van der Waals surface area contributed by atoms with Crippen molar-refractivity contribution in [2.45, 2.75) is 38.4 Å². The summed E-state index contributed by atoms with van der Waals surface area (Å²) in [6.07, 6.45) is 8.66. The fraction of sp³-hybridized carbons (Fsp3) is 0.444. The van der Waals surface area contributed by atoms with Gasteiger partial charge in [0.15, 0.2) is 0 Å². The van der Waals surface area contributed by atoms with E-state index >= 15 is 0 Å². The van der Waals surface area contributed by atoms with Crippen molar-refractivity contribution in [1.82, 2.24) is 20.2 Å². The van der Waals surface area contributed by atoms with Gasteiger partial charge in [-0.1, -0.05) is 17.7 Å². The summed E-state index contributed by atoms with van der Waals surface area (Å²) in [4.78, 5) is 10.7. The van der Waals surface area contributed by atoms with E-state index in [-0.39, 0.29) is 10.8 Å². The van der Waals surface area contributed by atoms with Crippen molar-refractivity contribution in [3.63, 3.8) is 0 Å². The van der Waals surface area contributed by atoms with E-state index in [1.807, 2.05) is 18.5 Å². The van der Waals surface area contributed by atoms with Crippen LogP contribution in [0.5, 0.6) is 0 Å². The smallest absolute Gasteiger partial charge is 0.141 e. The Hall–Kier alpha value is -1.56. The first-order valence-electron chi connectivity index (χ1n) is 8.35. The Bertz CT molecular complexity index is 645. The van der Waals surface area contributed by atoms with Crippen LogP contribution in [-0.4, -0.2) is 34.0 Å². The minimum atomic E-state index is -0.373. The number of nitrogens with zero attached hydrogens (tertiary/aromatic N) is 3. The van der Waals surface area contributed by atoms with Gasteiger partial charge in [-0.2, -0.15) is 0 Å². The summed E-state index contributed by atoms with van der Waals surface area (Å²) in [5.74, 6) is -0.373. The van der Waals surface area contributed by atoms with Gasteiger partial charge in [0.25, 0.3) is 0 Å². The number of hydrogen-bond donors (Lipinski definition) is 1. The van der Waals surface area contributed by atoms with Crippen molar-refractivity contribution in [2.24, 2.45) is 0 Å². The van der Waals surface area contributed by atoms with Crippen LogP contribution in [0.3, 0.4) is 0 Å². The first kappa shape index (κ1) is 17.3. The van der Waals surface area contributed by atoms with Crippen LogP contribution in [0, 0.1) is 5.82 Å². The fourth-order valence-electron chi connectivity index (χ4n) is 3.20. The average molecular weight is 349 g/mol. The maximum Gasteiger partial charge on any atom is 0.141 e.